The fourth-order valence-corrected chi connectivity index (χ4v) is 6.91. The predicted octanol–water partition coefficient (Wildman–Crippen LogP) is 6.68. The standard InChI is InChI=1S/C23H26N4O2.C21H22N4O2/c1-18-5-2-7-20(25-18)8-4-12-26-13-15-27(16-14-26)23(28)29-21-10-9-19-6-3-11-24-22(19)17-21;26-21(27-19-6-5-18-4-2-9-23-20(18)15-19)25-13-11-24(12-14-25)10-7-17-3-1-8-22-16-17/h2-3,5-7,9-11,17H,4,8,12-16H2,1H3;1-6,8-9,15-16H,7,10-14H2. The summed E-state index contributed by atoms with van der Waals surface area (Å²) in [5, 5.41) is 2.06. The Morgan fingerprint density at radius 3 is 1.73 bits per heavy atom. The highest BCUT2D eigenvalue weighted by Gasteiger charge is 2.24. The number of benzene rings is 2. The van der Waals surface area contributed by atoms with Crippen molar-refractivity contribution in [1.82, 2.24) is 39.5 Å². The quantitative estimate of drug-likeness (QED) is 0.158. The van der Waals surface area contributed by atoms with Gasteiger partial charge < -0.3 is 19.3 Å². The van der Waals surface area contributed by atoms with Gasteiger partial charge in [-0.2, -0.15) is 0 Å². The van der Waals surface area contributed by atoms with Gasteiger partial charge in [-0.25, -0.2) is 9.59 Å². The molecular weight excluding hydrogens is 705 g/mol. The number of hydrogen-bond donors (Lipinski definition) is 0. The van der Waals surface area contributed by atoms with Crippen LogP contribution >= 0.6 is 0 Å². The van der Waals surface area contributed by atoms with Crippen LogP contribution in [0.5, 0.6) is 11.5 Å². The van der Waals surface area contributed by atoms with Gasteiger partial charge in [-0.3, -0.25) is 29.7 Å². The van der Waals surface area contributed by atoms with Gasteiger partial charge in [0.15, 0.2) is 0 Å². The zero-order valence-electron chi connectivity index (χ0n) is 31.9. The lowest BCUT2D eigenvalue weighted by Crippen LogP contribution is -2.49. The third-order valence-electron chi connectivity index (χ3n) is 10.1. The minimum Gasteiger partial charge on any atom is -0.410 e. The van der Waals surface area contributed by atoms with E-state index in [0.717, 1.165) is 91.7 Å². The van der Waals surface area contributed by atoms with Crippen molar-refractivity contribution in [2.75, 3.05) is 65.4 Å². The molecule has 6 heterocycles. The first-order chi connectivity index (χ1) is 27.4. The van der Waals surface area contributed by atoms with Crippen molar-refractivity contribution in [1.29, 1.82) is 0 Å². The second-order valence-electron chi connectivity index (χ2n) is 14.1. The molecule has 12 nitrogen and oxygen atoms in total. The average molecular weight is 753 g/mol. The largest absolute Gasteiger partial charge is 0.415 e. The number of carbonyl (C=O) groups is 2. The molecule has 6 aromatic rings. The Morgan fingerprint density at radius 1 is 0.607 bits per heavy atom. The number of carbonyl (C=O) groups excluding carboxylic acids is 2. The van der Waals surface area contributed by atoms with E-state index in [4.69, 9.17) is 9.47 Å². The van der Waals surface area contributed by atoms with Crippen LogP contribution in [-0.4, -0.2) is 117 Å². The third kappa shape index (κ3) is 10.8. The average Bonchev–Trinajstić information content (AvgIpc) is 3.24. The smallest absolute Gasteiger partial charge is 0.410 e. The summed E-state index contributed by atoms with van der Waals surface area (Å²) in [5.41, 5.74) is 5.10. The van der Waals surface area contributed by atoms with Crippen molar-refractivity contribution in [2.24, 2.45) is 0 Å². The van der Waals surface area contributed by atoms with Crippen LogP contribution in [0.2, 0.25) is 0 Å². The van der Waals surface area contributed by atoms with Crippen LogP contribution < -0.4 is 9.47 Å². The molecule has 2 fully saturated rings. The Labute approximate surface area is 327 Å². The molecule has 4 aromatic heterocycles. The molecule has 0 unspecified atom stereocenters. The van der Waals surface area contributed by atoms with E-state index in [1.807, 2.05) is 79.9 Å². The Hall–Kier alpha value is -5.98. The summed E-state index contributed by atoms with van der Waals surface area (Å²) in [5.74, 6) is 1.07. The Bertz CT molecular complexity index is 2200. The molecule has 0 N–H and O–H groups in total. The van der Waals surface area contributed by atoms with Crippen LogP contribution in [0, 0.1) is 6.92 Å². The Morgan fingerprint density at radius 2 is 1.18 bits per heavy atom. The summed E-state index contributed by atoms with van der Waals surface area (Å²) in [6.07, 6.45) is 9.63. The van der Waals surface area contributed by atoms with Crippen molar-refractivity contribution in [2.45, 2.75) is 26.2 Å². The Balaban J connectivity index is 0.000000172. The van der Waals surface area contributed by atoms with Crippen LogP contribution in [0.15, 0.2) is 116 Å². The second kappa shape index (κ2) is 19.1. The minimum absolute atomic E-state index is 0.288. The first-order valence-corrected chi connectivity index (χ1v) is 19.3. The summed E-state index contributed by atoms with van der Waals surface area (Å²) in [6.45, 7) is 10.2. The lowest BCUT2D eigenvalue weighted by Gasteiger charge is -2.34. The molecule has 2 amide bonds. The fourth-order valence-electron chi connectivity index (χ4n) is 6.91. The molecule has 56 heavy (non-hydrogen) atoms. The third-order valence-corrected chi connectivity index (χ3v) is 10.1. The molecule has 8 rings (SSSR count). The first-order valence-electron chi connectivity index (χ1n) is 19.3. The van der Waals surface area contributed by atoms with Crippen LogP contribution in [0.4, 0.5) is 9.59 Å². The van der Waals surface area contributed by atoms with Crippen molar-refractivity contribution in [3.63, 3.8) is 0 Å². The number of fused-ring (bicyclic) bond motifs is 2. The lowest BCUT2D eigenvalue weighted by molar-refractivity contribution is 0.110. The van der Waals surface area contributed by atoms with E-state index >= 15 is 0 Å². The molecule has 0 atom stereocenters. The number of nitrogens with zero attached hydrogens (tertiary/aromatic N) is 8. The zero-order chi connectivity index (χ0) is 38.5. The first kappa shape index (κ1) is 38.3. The number of hydrogen-bond acceptors (Lipinski definition) is 10. The molecule has 2 aromatic carbocycles. The number of amides is 2. The van der Waals surface area contributed by atoms with E-state index in [2.05, 4.69) is 47.9 Å². The maximum atomic E-state index is 12.5. The minimum atomic E-state index is -0.294. The highest BCUT2D eigenvalue weighted by molar-refractivity contribution is 5.82. The monoisotopic (exact) mass is 752 g/mol. The molecule has 0 radical (unpaired) electrons. The summed E-state index contributed by atoms with van der Waals surface area (Å²) in [7, 11) is 0. The molecular formula is C44H48N8O4. The van der Waals surface area contributed by atoms with E-state index in [1.165, 1.54) is 5.56 Å². The lowest BCUT2D eigenvalue weighted by atomic mass is 10.2. The summed E-state index contributed by atoms with van der Waals surface area (Å²) < 4.78 is 11.1. The summed E-state index contributed by atoms with van der Waals surface area (Å²) in [6, 6.07) is 29.1. The molecule has 2 aliphatic rings. The summed E-state index contributed by atoms with van der Waals surface area (Å²) >= 11 is 0. The van der Waals surface area contributed by atoms with Crippen molar-refractivity contribution in [3.8, 4) is 11.5 Å². The molecule has 0 aliphatic carbocycles. The maximum Gasteiger partial charge on any atom is 0.415 e. The van der Waals surface area contributed by atoms with E-state index in [9.17, 15) is 9.59 Å². The number of aromatic nitrogens is 4. The summed E-state index contributed by atoms with van der Waals surface area (Å²) in [4.78, 5) is 50.6. The zero-order valence-corrected chi connectivity index (χ0v) is 31.9. The number of ether oxygens (including phenoxy) is 2. The van der Waals surface area contributed by atoms with Gasteiger partial charge >= 0.3 is 12.2 Å². The number of piperazine rings is 2. The van der Waals surface area contributed by atoms with Crippen molar-refractivity contribution < 1.29 is 19.1 Å². The molecule has 0 bridgehead atoms. The van der Waals surface area contributed by atoms with Gasteiger partial charge in [0, 0.05) is 118 Å². The number of rotatable bonds is 9. The molecule has 0 saturated carbocycles. The predicted molar refractivity (Wildman–Crippen MR) is 217 cm³/mol. The fraction of sp³-hybridized carbons (Fsp3) is 0.318. The van der Waals surface area contributed by atoms with Gasteiger partial charge in [0.2, 0.25) is 0 Å². The van der Waals surface area contributed by atoms with Gasteiger partial charge in [0.1, 0.15) is 11.5 Å². The van der Waals surface area contributed by atoms with Gasteiger partial charge in [-0.1, -0.05) is 24.3 Å². The van der Waals surface area contributed by atoms with Gasteiger partial charge in [0.05, 0.1) is 11.0 Å². The van der Waals surface area contributed by atoms with Crippen LogP contribution in [-0.2, 0) is 12.8 Å². The van der Waals surface area contributed by atoms with E-state index < -0.39 is 0 Å². The van der Waals surface area contributed by atoms with Crippen molar-refractivity contribution in [3.05, 3.63) is 133 Å². The SMILES string of the molecule is Cc1cccc(CCCN2CCN(C(=O)Oc3ccc4cccnc4c3)CC2)n1.O=C(Oc1ccc2cccnc2c1)N1CCN(CCc2cccnc2)CC1. The van der Waals surface area contributed by atoms with Crippen LogP contribution in [0.3, 0.4) is 0 Å². The van der Waals surface area contributed by atoms with E-state index in [-0.39, 0.29) is 12.2 Å². The maximum absolute atomic E-state index is 12.5. The molecule has 2 aliphatic heterocycles. The van der Waals surface area contributed by atoms with Crippen LogP contribution in [0.1, 0.15) is 23.4 Å². The molecule has 2 saturated heterocycles. The van der Waals surface area contributed by atoms with Gasteiger partial charge in [-0.15, -0.1) is 0 Å². The van der Waals surface area contributed by atoms with Gasteiger partial charge in [0.25, 0.3) is 0 Å². The van der Waals surface area contributed by atoms with E-state index in [1.54, 1.807) is 34.5 Å². The van der Waals surface area contributed by atoms with Gasteiger partial charge in [-0.05, 0) is 92.9 Å². The number of aryl methyl sites for hydroxylation is 2. The normalized spacial score (nSPS) is 14.9. The van der Waals surface area contributed by atoms with Crippen molar-refractivity contribution >= 4 is 34.0 Å². The molecule has 0 spiro atoms. The molecule has 288 valence electrons. The highest BCUT2D eigenvalue weighted by atomic mass is 16.6. The Kier molecular flexibility index (Phi) is 13.0. The van der Waals surface area contributed by atoms with E-state index in [0.29, 0.717) is 37.7 Å². The topological polar surface area (TPSA) is 117 Å². The highest BCUT2D eigenvalue weighted by Crippen LogP contribution is 2.21. The van der Waals surface area contributed by atoms with Crippen LogP contribution in [0.25, 0.3) is 21.8 Å². The molecule has 12 heteroatoms. The number of pyridine rings is 4. The second-order valence-corrected chi connectivity index (χ2v) is 14.1.